The van der Waals surface area contributed by atoms with Crippen LogP contribution in [-0.2, 0) is 11.2 Å². The van der Waals surface area contributed by atoms with Crippen molar-refractivity contribution < 1.29 is 13.9 Å². The predicted octanol–water partition coefficient (Wildman–Crippen LogP) is 1.59. The number of rotatable bonds is 5. The molecule has 0 aromatic carbocycles. The van der Waals surface area contributed by atoms with Crippen molar-refractivity contribution in [2.24, 2.45) is 0 Å². The van der Waals surface area contributed by atoms with E-state index in [1.807, 2.05) is 0 Å². The Bertz CT molecular complexity index is 296. The molecule has 14 heavy (non-hydrogen) atoms. The van der Waals surface area contributed by atoms with Crippen LogP contribution in [0.1, 0.15) is 42.8 Å². The summed E-state index contributed by atoms with van der Waals surface area (Å²) in [6.07, 6.45) is 3.98. The highest BCUT2D eigenvalue weighted by atomic mass is 16.5. The number of nitrogens with zero attached hydrogens (tertiary/aromatic N) is 2. The van der Waals surface area contributed by atoms with Crippen molar-refractivity contribution in [3.63, 3.8) is 0 Å². The highest BCUT2D eigenvalue weighted by Crippen LogP contribution is 2.06. The molecule has 0 saturated carbocycles. The number of esters is 1. The molecule has 1 heterocycles. The van der Waals surface area contributed by atoms with Crippen molar-refractivity contribution in [1.29, 1.82) is 0 Å². The Morgan fingerprint density at radius 3 is 2.86 bits per heavy atom. The largest absolute Gasteiger partial charge is 0.462 e. The van der Waals surface area contributed by atoms with Gasteiger partial charge in [-0.15, -0.1) is 10.2 Å². The minimum Gasteiger partial charge on any atom is -0.462 e. The van der Waals surface area contributed by atoms with Crippen LogP contribution in [0.15, 0.2) is 4.42 Å². The lowest BCUT2D eigenvalue weighted by atomic mass is 10.2. The zero-order valence-corrected chi connectivity index (χ0v) is 8.45. The van der Waals surface area contributed by atoms with Crippen molar-refractivity contribution >= 4 is 5.97 Å². The third-order valence-corrected chi connectivity index (χ3v) is 1.82. The first-order chi connectivity index (χ1) is 6.77. The number of ether oxygens (including phenoxy) is 1. The van der Waals surface area contributed by atoms with Gasteiger partial charge in [0, 0.05) is 6.42 Å². The molecular formula is C9H14N2O3. The maximum atomic E-state index is 10.9. The Morgan fingerprint density at radius 1 is 1.43 bits per heavy atom. The van der Waals surface area contributed by atoms with E-state index in [1.54, 1.807) is 0 Å². The zero-order chi connectivity index (χ0) is 10.4. The number of carbonyl (C=O) groups excluding carboxylic acids is 1. The first kappa shape index (κ1) is 10.7. The smallest absolute Gasteiger partial charge is 0.396 e. The zero-order valence-electron chi connectivity index (χ0n) is 8.45. The van der Waals surface area contributed by atoms with E-state index < -0.39 is 5.97 Å². The molecule has 0 atom stereocenters. The van der Waals surface area contributed by atoms with Gasteiger partial charge in [0.2, 0.25) is 5.89 Å². The van der Waals surface area contributed by atoms with Crippen LogP contribution in [-0.4, -0.2) is 23.3 Å². The summed E-state index contributed by atoms with van der Waals surface area (Å²) in [5.74, 6) is -0.155. The van der Waals surface area contributed by atoms with Crippen LogP contribution >= 0.6 is 0 Å². The van der Waals surface area contributed by atoms with Crippen molar-refractivity contribution in [1.82, 2.24) is 10.2 Å². The Kier molecular flexibility index (Phi) is 4.10. The van der Waals surface area contributed by atoms with E-state index in [0.29, 0.717) is 5.89 Å². The van der Waals surface area contributed by atoms with Gasteiger partial charge in [-0.05, 0) is 6.42 Å². The molecule has 0 saturated heterocycles. The monoisotopic (exact) mass is 198 g/mol. The SMILES string of the molecule is CCCCCc1nnc(C(=O)OC)o1. The summed E-state index contributed by atoms with van der Waals surface area (Å²) >= 11 is 0. The molecule has 0 amide bonds. The normalized spacial score (nSPS) is 10.1. The second kappa shape index (κ2) is 5.36. The highest BCUT2D eigenvalue weighted by molar-refractivity contribution is 5.83. The fourth-order valence-corrected chi connectivity index (χ4v) is 1.05. The number of aromatic nitrogens is 2. The molecule has 78 valence electrons. The van der Waals surface area contributed by atoms with Gasteiger partial charge in [-0.3, -0.25) is 0 Å². The Hall–Kier alpha value is -1.39. The first-order valence-corrected chi connectivity index (χ1v) is 4.68. The fraction of sp³-hybridized carbons (Fsp3) is 0.667. The maximum Gasteiger partial charge on any atom is 0.396 e. The third-order valence-electron chi connectivity index (χ3n) is 1.82. The number of hydrogen-bond acceptors (Lipinski definition) is 5. The minimum absolute atomic E-state index is 0.0704. The quantitative estimate of drug-likeness (QED) is 0.531. The lowest BCUT2D eigenvalue weighted by Gasteiger charge is -1.92. The van der Waals surface area contributed by atoms with Crippen molar-refractivity contribution in [3.8, 4) is 0 Å². The van der Waals surface area contributed by atoms with E-state index in [1.165, 1.54) is 7.11 Å². The Morgan fingerprint density at radius 2 is 2.21 bits per heavy atom. The van der Waals surface area contributed by atoms with E-state index in [0.717, 1.165) is 25.7 Å². The van der Waals surface area contributed by atoms with Gasteiger partial charge in [0.15, 0.2) is 0 Å². The molecule has 0 bridgehead atoms. The molecule has 0 aliphatic heterocycles. The molecule has 5 heteroatoms. The molecule has 1 rings (SSSR count). The first-order valence-electron chi connectivity index (χ1n) is 4.68. The lowest BCUT2D eigenvalue weighted by molar-refractivity contribution is 0.0554. The minimum atomic E-state index is -0.584. The second-order valence-corrected chi connectivity index (χ2v) is 2.95. The Balaban J connectivity index is 2.46. The standard InChI is InChI=1S/C9H14N2O3/c1-3-4-5-6-7-10-11-8(14-7)9(12)13-2/h3-6H2,1-2H3. The molecule has 5 nitrogen and oxygen atoms in total. The van der Waals surface area contributed by atoms with Crippen LogP contribution in [0, 0.1) is 0 Å². The average Bonchev–Trinajstić information content (AvgIpc) is 2.66. The fourth-order valence-electron chi connectivity index (χ4n) is 1.05. The Labute approximate surface area is 82.5 Å². The summed E-state index contributed by atoms with van der Waals surface area (Å²) in [5, 5.41) is 7.31. The molecule has 0 radical (unpaired) electrons. The number of unbranched alkanes of at least 4 members (excludes halogenated alkanes) is 2. The molecule has 0 aliphatic rings. The highest BCUT2D eigenvalue weighted by Gasteiger charge is 2.14. The number of methoxy groups -OCH3 is 1. The second-order valence-electron chi connectivity index (χ2n) is 2.95. The van der Waals surface area contributed by atoms with Gasteiger partial charge in [0.25, 0.3) is 0 Å². The van der Waals surface area contributed by atoms with Crippen LogP contribution in [0.4, 0.5) is 0 Å². The molecular weight excluding hydrogens is 184 g/mol. The summed E-state index contributed by atoms with van der Waals surface area (Å²) in [5.41, 5.74) is 0. The molecule has 1 aromatic rings. The van der Waals surface area contributed by atoms with Gasteiger partial charge in [-0.2, -0.15) is 0 Å². The van der Waals surface area contributed by atoms with Crippen LogP contribution in [0.3, 0.4) is 0 Å². The average molecular weight is 198 g/mol. The summed E-state index contributed by atoms with van der Waals surface area (Å²) in [4.78, 5) is 10.9. The summed E-state index contributed by atoms with van der Waals surface area (Å²) in [7, 11) is 1.28. The number of carbonyl (C=O) groups is 1. The van der Waals surface area contributed by atoms with Crippen LogP contribution < -0.4 is 0 Å². The third kappa shape index (κ3) is 2.83. The van der Waals surface area contributed by atoms with Gasteiger partial charge in [0.05, 0.1) is 7.11 Å². The predicted molar refractivity (Wildman–Crippen MR) is 48.9 cm³/mol. The molecule has 1 aromatic heterocycles. The molecule has 0 N–H and O–H groups in total. The van der Waals surface area contributed by atoms with Crippen LogP contribution in [0.25, 0.3) is 0 Å². The molecule has 0 aliphatic carbocycles. The molecule has 0 unspecified atom stereocenters. The van der Waals surface area contributed by atoms with Gasteiger partial charge >= 0.3 is 11.9 Å². The topological polar surface area (TPSA) is 65.2 Å². The van der Waals surface area contributed by atoms with E-state index >= 15 is 0 Å². The van der Waals surface area contributed by atoms with Gasteiger partial charge < -0.3 is 9.15 Å². The number of aryl methyl sites for hydroxylation is 1. The van der Waals surface area contributed by atoms with Crippen LogP contribution in [0.5, 0.6) is 0 Å². The van der Waals surface area contributed by atoms with Crippen molar-refractivity contribution in [2.45, 2.75) is 32.6 Å². The maximum absolute atomic E-state index is 10.9. The van der Waals surface area contributed by atoms with Crippen molar-refractivity contribution in [3.05, 3.63) is 11.8 Å². The van der Waals surface area contributed by atoms with Gasteiger partial charge in [0.1, 0.15) is 0 Å². The van der Waals surface area contributed by atoms with Crippen LogP contribution in [0.2, 0.25) is 0 Å². The lowest BCUT2D eigenvalue weighted by Crippen LogP contribution is -2.00. The van der Waals surface area contributed by atoms with E-state index in [-0.39, 0.29) is 5.89 Å². The summed E-state index contributed by atoms with van der Waals surface area (Å²) in [6, 6.07) is 0. The van der Waals surface area contributed by atoms with Gasteiger partial charge in [-0.25, -0.2) is 4.79 Å². The van der Waals surface area contributed by atoms with E-state index in [4.69, 9.17) is 4.42 Å². The summed E-state index contributed by atoms with van der Waals surface area (Å²) < 4.78 is 9.53. The van der Waals surface area contributed by atoms with E-state index in [9.17, 15) is 4.79 Å². The molecule has 0 fully saturated rings. The number of hydrogen-bond donors (Lipinski definition) is 0. The van der Waals surface area contributed by atoms with Gasteiger partial charge in [-0.1, -0.05) is 19.8 Å². The molecule has 0 spiro atoms. The van der Waals surface area contributed by atoms with Crippen molar-refractivity contribution in [2.75, 3.05) is 7.11 Å². The van der Waals surface area contributed by atoms with E-state index in [2.05, 4.69) is 21.9 Å². The summed E-state index contributed by atoms with van der Waals surface area (Å²) in [6.45, 7) is 2.12.